The molecule has 0 aromatic carbocycles. The lowest BCUT2D eigenvalue weighted by Gasteiger charge is -2.40. The zero-order valence-corrected chi connectivity index (χ0v) is 16.6. The number of carbonyl (C=O) groups is 1. The summed E-state index contributed by atoms with van der Waals surface area (Å²) in [5.41, 5.74) is 0.673. The molecule has 0 N–H and O–H groups in total. The number of rotatable bonds is 1. The number of nitrogens with zero attached hydrogens (tertiary/aromatic N) is 1. The van der Waals surface area contributed by atoms with Crippen molar-refractivity contribution in [3.05, 3.63) is 11.8 Å². The first-order valence-electron chi connectivity index (χ1n) is 8.95. The van der Waals surface area contributed by atoms with Crippen molar-refractivity contribution in [3.63, 3.8) is 0 Å². The Labute approximate surface area is 139 Å². The number of carbonyl (C=O) groups excluding carboxylic acids is 1. The monoisotopic (exact) mass is 313 g/mol. The summed E-state index contributed by atoms with van der Waals surface area (Å²) < 4.78 is 5.49. The maximum Gasteiger partial charge on any atom is 0.414 e. The van der Waals surface area contributed by atoms with Crippen molar-refractivity contribution in [1.82, 2.24) is 4.90 Å². The molecular weight excluding hydrogens is 274 g/mol. The van der Waals surface area contributed by atoms with Gasteiger partial charge in [-0.25, -0.2) is 4.79 Å². The van der Waals surface area contributed by atoms with Gasteiger partial charge in [0.1, 0.15) is 5.60 Å². The van der Waals surface area contributed by atoms with Crippen molar-refractivity contribution in [2.24, 2.45) is 5.92 Å². The van der Waals surface area contributed by atoms with Crippen molar-refractivity contribution in [1.29, 1.82) is 0 Å². The number of piperidine rings is 1. The highest BCUT2D eigenvalue weighted by Crippen LogP contribution is 2.33. The summed E-state index contributed by atoms with van der Waals surface area (Å²) in [6, 6.07) is 0.227. The van der Waals surface area contributed by atoms with Gasteiger partial charge in [-0.1, -0.05) is 47.1 Å². The number of amides is 1. The molecule has 2 unspecified atom stereocenters. The normalized spacial score (nSPS) is 23.0. The number of likely N-dealkylation sites (tertiary alicyclic amines) is 1. The Morgan fingerprint density at radius 3 is 2.14 bits per heavy atom. The fraction of sp³-hybridized carbons (Fsp3) is 0.842. The maximum atomic E-state index is 12.3. The van der Waals surface area contributed by atoms with E-state index in [0.29, 0.717) is 5.92 Å². The van der Waals surface area contributed by atoms with Crippen LogP contribution in [0.4, 0.5) is 4.79 Å². The van der Waals surface area contributed by atoms with Crippen LogP contribution < -0.4 is 0 Å². The number of allylic oxidation sites excluding steroid dienone is 2. The molecule has 0 aliphatic carbocycles. The van der Waals surface area contributed by atoms with Crippen LogP contribution in [0.15, 0.2) is 11.8 Å². The van der Waals surface area contributed by atoms with Crippen molar-refractivity contribution in [2.75, 3.05) is 0 Å². The van der Waals surface area contributed by atoms with Crippen LogP contribution in [-0.2, 0) is 4.74 Å². The first-order chi connectivity index (χ1) is 10.3. The summed E-state index contributed by atoms with van der Waals surface area (Å²) in [5.74, 6) is 0.685. The molecule has 1 aliphatic rings. The van der Waals surface area contributed by atoms with Crippen molar-refractivity contribution < 1.29 is 9.53 Å². The van der Waals surface area contributed by atoms with Crippen LogP contribution in [0.5, 0.6) is 0 Å². The molecule has 0 radical (unpaired) electrons. The van der Waals surface area contributed by atoms with E-state index in [9.17, 15) is 4.79 Å². The minimum Gasteiger partial charge on any atom is -0.443 e. The second-order valence-corrected chi connectivity index (χ2v) is 6.19. The van der Waals surface area contributed by atoms with Crippen LogP contribution in [0, 0.1) is 5.92 Å². The van der Waals surface area contributed by atoms with E-state index in [1.54, 1.807) is 0 Å². The number of hydrogen-bond acceptors (Lipinski definition) is 2. The summed E-state index contributed by atoms with van der Waals surface area (Å²) in [6.45, 7) is 20.0. The third-order valence-electron chi connectivity index (χ3n) is 3.42. The van der Waals surface area contributed by atoms with Crippen molar-refractivity contribution in [3.8, 4) is 0 Å². The van der Waals surface area contributed by atoms with E-state index < -0.39 is 5.60 Å². The Hall–Kier alpha value is -0.990. The lowest BCUT2D eigenvalue weighted by atomic mass is 9.87. The zero-order chi connectivity index (χ0) is 17.9. The predicted molar refractivity (Wildman–Crippen MR) is 97.0 cm³/mol. The molecule has 1 aliphatic heterocycles. The minimum absolute atomic E-state index is 0.211. The van der Waals surface area contributed by atoms with Crippen LogP contribution in [0.25, 0.3) is 0 Å². The molecule has 1 rings (SSSR count). The smallest absolute Gasteiger partial charge is 0.414 e. The minimum atomic E-state index is -0.433. The molecule has 2 atom stereocenters. The second kappa shape index (κ2) is 11.6. The van der Waals surface area contributed by atoms with Crippen LogP contribution >= 0.6 is 0 Å². The van der Waals surface area contributed by atoms with Crippen LogP contribution in [0.2, 0.25) is 0 Å². The van der Waals surface area contributed by atoms with Gasteiger partial charge in [0.25, 0.3) is 0 Å². The van der Waals surface area contributed by atoms with Gasteiger partial charge in [0.2, 0.25) is 0 Å². The Morgan fingerprint density at radius 2 is 1.77 bits per heavy atom. The molecule has 3 heteroatoms. The summed E-state index contributed by atoms with van der Waals surface area (Å²) >= 11 is 0. The average molecular weight is 314 g/mol. The lowest BCUT2D eigenvalue weighted by molar-refractivity contribution is 0.0176. The second-order valence-electron chi connectivity index (χ2n) is 6.19. The summed E-state index contributed by atoms with van der Waals surface area (Å²) in [7, 11) is 0. The first-order valence-corrected chi connectivity index (χ1v) is 8.95. The maximum absolute atomic E-state index is 12.3. The molecule has 3 nitrogen and oxygen atoms in total. The largest absolute Gasteiger partial charge is 0.443 e. The van der Waals surface area contributed by atoms with E-state index >= 15 is 0 Å². The molecule has 1 saturated heterocycles. The molecule has 0 aromatic rings. The van der Waals surface area contributed by atoms with Gasteiger partial charge in [-0.2, -0.15) is 0 Å². The molecule has 1 fully saturated rings. The highest BCUT2D eigenvalue weighted by Gasteiger charge is 2.34. The molecule has 1 heterocycles. The van der Waals surface area contributed by atoms with E-state index in [1.807, 2.05) is 66.4 Å². The molecule has 0 aromatic heterocycles. The van der Waals surface area contributed by atoms with Crippen LogP contribution in [0.1, 0.15) is 88.5 Å². The van der Waals surface area contributed by atoms with Crippen LogP contribution in [0.3, 0.4) is 0 Å². The summed E-state index contributed by atoms with van der Waals surface area (Å²) in [4.78, 5) is 14.1. The van der Waals surface area contributed by atoms with E-state index in [-0.39, 0.29) is 12.1 Å². The zero-order valence-electron chi connectivity index (χ0n) is 16.6. The Kier molecular flexibility index (Phi) is 12.2. The highest BCUT2D eigenvalue weighted by atomic mass is 16.6. The van der Waals surface area contributed by atoms with E-state index in [1.165, 1.54) is 6.42 Å². The average Bonchev–Trinajstić information content (AvgIpc) is 2.48. The molecule has 1 amide bonds. The quantitative estimate of drug-likeness (QED) is 0.561. The Balaban J connectivity index is 0. The van der Waals surface area contributed by atoms with Crippen LogP contribution in [-0.4, -0.2) is 22.6 Å². The van der Waals surface area contributed by atoms with E-state index in [0.717, 1.165) is 18.5 Å². The molecular formula is C19H39NO2. The molecule has 0 spiro atoms. The fourth-order valence-corrected chi connectivity index (χ4v) is 2.52. The predicted octanol–water partition coefficient (Wildman–Crippen LogP) is 6.39. The Morgan fingerprint density at radius 1 is 1.27 bits per heavy atom. The van der Waals surface area contributed by atoms with E-state index in [4.69, 9.17) is 4.74 Å². The summed E-state index contributed by atoms with van der Waals surface area (Å²) in [5, 5.41) is 0. The topological polar surface area (TPSA) is 29.5 Å². The third kappa shape index (κ3) is 7.86. The van der Waals surface area contributed by atoms with Gasteiger partial charge < -0.3 is 4.74 Å². The fourth-order valence-electron chi connectivity index (χ4n) is 2.52. The standard InChI is InChI=1S/C15H27NO2.2C2H6/c1-7-12-9-11(3)16(13(8-2)10-12)14(17)18-15(4,5)6;2*1-2/h8,11-12H,7,9-10H2,1-6H3;2*1-2H3/b13-8+;;. The Bertz CT molecular complexity index is 329. The van der Waals surface area contributed by atoms with Gasteiger partial charge in [-0.3, -0.25) is 4.90 Å². The molecule has 0 bridgehead atoms. The third-order valence-corrected chi connectivity index (χ3v) is 3.42. The number of ether oxygens (including phenoxy) is 1. The first kappa shape index (κ1) is 23.3. The van der Waals surface area contributed by atoms with Gasteiger partial charge in [0, 0.05) is 11.7 Å². The van der Waals surface area contributed by atoms with Crippen molar-refractivity contribution >= 4 is 6.09 Å². The van der Waals surface area contributed by atoms with Crippen molar-refractivity contribution in [2.45, 2.75) is 100 Å². The molecule has 22 heavy (non-hydrogen) atoms. The molecule has 0 saturated carbocycles. The van der Waals surface area contributed by atoms with Gasteiger partial charge in [0.15, 0.2) is 0 Å². The van der Waals surface area contributed by atoms with Gasteiger partial charge in [-0.15, -0.1) is 0 Å². The molecule has 132 valence electrons. The lowest BCUT2D eigenvalue weighted by Crippen LogP contribution is -2.45. The van der Waals surface area contributed by atoms with E-state index in [2.05, 4.69) is 13.8 Å². The highest BCUT2D eigenvalue weighted by molar-refractivity contribution is 5.71. The van der Waals surface area contributed by atoms with Gasteiger partial charge in [0.05, 0.1) is 0 Å². The SMILES string of the molecule is C/C=C1\CC(CC)CC(C)N1C(=O)OC(C)(C)C.CC.CC. The number of hydrogen-bond donors (Lipinski definition) is 0. The van der Waals surface area contributed by atoms with Gasteiger partial charge >= 0.3 is 6.09 Å². The summed E-state index contributed by atoms with van der Waals surface area (Å²) in [6.07, 6.45) is 5.05. The van der Waals surface area contributed by atoms with Gasteiger partial charge in [-0.05, 0) is 53.4 Å².